The number of piperidine rings is 1. The van der Waals surface area contributed by atoms with Gasteiger partial charge in [-0.3, -0.25) is 14.6 Å². The molecule has 3 aliphatic heterocycles. The van der Waals surface area contributed by atoms with Gasteiger partial charge in [-0.2, -0.15) is 35.5 Å². The zero-order chi connectivity index (χ0) is 27.7. The van der Waals surface area contributed by atoms with Gasteiger partial charge in [0.05, 0.1) is 29.5 Å². The maximum absolute atomic E-state index is 13.5. The number of rotatable bonds is 7. The molecule has 3 aliphatic rings. The highest BCUT2D eigenvalue weighted by atomic mass is 32.2. The highest BCUT2D eigenvalue weighted by molar-refractivity contribution is 7.86. The molecule has 3 saturated heterocycles. The summed E-state index contributed by atoms with van der Waals surface area (Å²) < 4.78 is 66.8. The number of aliphatic imine (C=N–C) groups is 1. The monoisotopic (exact) mass is 554 g/mol. The van der Waals surface area contributed by atoms with Gasteiger partial charge >= 0.3 is 6.18 Å². The van der Waals surface area contributed by atoms with Gasteiger partial charge in [-0.25, -0.2) is 0 Å². The molecule has 0 bridgehead atoms. The number of nitrogens with zero attached hydrogens (tertiary/aromatic N) is 5. The zero-order valence-electron chi connectivity index (χ0n) is 20.6. The maximum Gasteiger partial charge on any atom is 0.416 e. The van der Waals surface area contributed by atoms with Crippen LogP contribution in [0.15, 0.2) is 29.3 Å². The fraction of sp³-hybridized carbons (Fsp3) is 0.583. The molecule has 1 aromatic rings. The summed E-state index contributed by atoms with van der Waals surface area (Å²) in [5.41, 5.74) is -0.319. The van der Waals surface area contributed by atoms with Gasteiger partial charge in [0.2, 0.25) is 11.8 Å². The molecule has 0 aliphatic carbocycles. The number of halogens is 3. The Morgan fingerprint density at radius 2 is 1.82 bits per heavy atom. The fourth-order valence-electron chi connectivity index (χ4n) is 5.02. The van der Waals surface area contributed by atoms with Gasteiger partial charge in [0.25, 0.3) is 10.2 Å². The van der Waals surface area contributed by atoms with Crippen molar-refractivity contribution in [3.63, 3.8) is 0 Å². The van der Waals surface area contributed by atoms with Crippen molar-refractivity contribution in [2.75, 3.05) is 32.7 Å². The number of nitrogens with one attached hydrogen (secondary N) is 1. The molecule has 3 atom stereocenters. The Hall–Kier alpha value is -3.02. The highest BCUT2D eigenvalue weighted by Gasteiger charge is 2.45. The largest absolute Gasteiger partial charge is 0.416 e. The quantitative estimate of drug-likeness (QED) is 0.510. The molecule has 2 amide bonds. The lowest BCUT2D eigenvalue weighted by Gasteiger charge is -2.41. The van der Waals surface area contributed by atoms with Crippen molar-refractivity contribution in [3.8, 4) is 6.07 Å². The molecule has 3 fully saturated rings. The molecule has 206 valence electrons. The Kier molecular flexibility index (Phi) is 8.10. The average Bonchev–Trinajstić information content (AvgIpc) is 3.30. The first kappa shape index (κ1) is 28.0. The van der Waals surface area contributed by atoms with Crippen LogP contribution in [0.3, 0.4) is 0 Å². The van der Waals surface area contributed by atoms with Crippen molar-refractivity contribution < 1.29 is 31.2 Å². The third kappa shape index (κ3) is 5.84. The second-order valence-electron chi connectivity index (χ2n) is 9.84. The number of carbonyl (C=O) groups is 2. The number of amides is 2. The number of hydrogen-bond donors (Lipinski definition) is 1. The molecule has 14 heteroatoms. The average molecular weight is 555 g/mol. The normalized spacial score (nSPS) is 25.4. The number of nitriles is 1. The molecule has 10 nitrogen and oxygen atoms in total. The molecule has 38 heavy (non-hydrogen) atoms. The lowest BCUT2D eigenvalue weighted by Crippen LogP contribution is -2.57. The molecule has 0 unspecified atom stereocenters. The van der Waals surface area contributed by atoms with Gasteiger partial charge in [-0.1, -0.05) is 12.1 Å². The minimum Gasteiger partial charge on any atom is -0.350 e. The first-order valence-corrected chi connectivity index (χ1v) is 13.7. The third-order valence-electron chi connectivity index (χ3n) is 7.29. The second-order valence-corrected chi connectivity index (χ2v) is 11.8. The van der Waals surface area contributed by atoms with Crippen LogP contribution < -0.4 is 5.32 Å². The summed E-state index contributed by atoms with van der Waals surface area (Å²) in [5.74, 6) is -1.78. The van der Waals surface area contributed by atoms with E-state index < -0.39 is 39.8 Å². The molecule has 1 aromatic carbocycles. The molecule has 1 N–H and O–H groups in total. The number of carbonyl (C=O) groups excluding carboxylic acids is 2. The smallest absolute Gasteiger partial charge is 0.350 e. The van der Waals surface area contributed by atoms with Crippen LogP contribution in [0.4, 0.5) is 13.2 Å². The predicted octanol–water partition coefficient (Wildman–Crippen LogP) is 1.40. The highest BCUT2D eigenvalue weighted by Crippen LogP contribution is 2.31. The first-order valence-electron chi connectivity index (χ1n) is 12.3. The SMILES string of the molecule is C=N[C@@H]1C[C@H](C(=O)NCc2ccc(C(F)(F)F)cc2)N(C(=O)[C@H]2CCCN(S(=O)(=O)N3CC(C#N)C3)C2)C1. The van der Waals surface area contributed by atoms with Crippen molar-refractivity contribution in [1.29, 1.82) is 5.26 Å². The molecule has 3 heterocycles. The van der Waals surface area contributed by atoms with Crippen LogP contribution in [0.5, 0.6) is 0 Å². The van der Waals surface area contributed by atoms with Crippen molar-refractivity contribution in [2.24, 2.45) is 16.8 Å². The van der Waals surface area contributed by atoms with E-state index >= 15 is 0 Å². The summed E-state index contributed by atoms with van der Waals surface area (Å²) >= 11 is 0. The third-order valence-corrected chi connectivity index (χ3v) is 9.22. The van der Waals surface area contributed by atoms with Gasteiger partial charge in [-0.15, -0.1) is 0 Å². The molecular weight excluding hydrogens is 525 g/mol. The summed E-state index contributed by atoms with van der Waals surface area (Å²) in [5, 5.41) is 11.6. The van der Waals surface area contributed by atoms with Gasteiger partial charge < -0.3 is 10.2 Å². The summed E-state index contributed by atoms with van der Waals surface area (Å²) in [6.45, 7) is 4.20. The number of likely N-dealkylation sites (tertiary alicyclic amines) is 1. The van der Waals surface area contributed by atoms with Gasteiger partial charge in [0.15, 0.2) is 0 Å². The molecule has 0 spiro atoms. The van der Waals surface area contributed by atoms with E-state index in [0.29, 0.717) is 18.4 Å². The van der Waals surface area contributed by atoms with E-state index in [1.807, 2.05) is 6.07 Å². The van der Waals surface area contributed by atoms with Crippen LogP contribution in [0.25, 0.3) is 0 Å². The van der Waals surface area contributed by atoms with Gasteiger partial charge in [0.1, 0.15) is 6.04 Å². The van der Waals surface area contributed by atoms with Crippen LogP contribution >= 0.6 is 0 Å². The fourth-order valence-corrected chi connectivity index (χ4v) is 6.81. The van der Waals surface area contributed by atoms with E-state index in [2.05, 4.69) is 17.0 Å². The summed E-state index contributed by atoms with van der Waals surface area (Å²) in [6.07, 6.45) is -3.27. The van der Waals surface area contributed by atoms with Gasteiger partial charge in [-0.05, 0) is 37.3 Å². The molecular formula is C24H29F3N6O4S. The minimum atomic E-state index is -4.46. The van der Waals surface area contributed by atoms with Crippen LogP contribution in [0, 0.1) is 23.2 Å². The van der Waals surface area contributed by atoms with E-state index in [1.165, 1.54) is 25.6 Å². The van der Waals surface area contributed by atoms with Crippen LogP contribution in [0.1, 0.15) is 30.4 Å². The zero-order valence-corrected chi connectivity index (χ0v) is 21.4. The number of alkyl halides is 3. The first-order chi connectivity index (χ1) is 17.9. The van der Waals surface area contributed by atoms with Crippen molar-refractivity contribution in [1.82, 2.24) is 18.8 Å². The topological polar surface area (TPSA) is 126 Å². The van der Waals surface area contributed by atoms with Crippen molar-refractivity contribution in [3.05, 3.63) is 35.4 Å². The summed E-state index contributed by atoms with van der Waals surface area (Å²) in [4.78, 5) is 31.9. The number of hydrogen-bond acceptors (Lipinski definition) is 6. The molecule has 0 saturated carbocycles. The minimum absolute atomic E-state index is 0.0164. The lowest BCUT2D eigenvalue weighted by molar-refractivity contribution is -0.142. The number of benzene rings is 1. The van der Waals surface area contributed by atoms with E-state index in [4.69, 9.17) is 5.26 Å². The van der Waals surface area contributed by atoms with Crippen molar-refractivity contribution in [2.45, 2.75) is 44.1 Å². The predicted molar refractivity (Wildman–Crippen MR) is 131 cm³/mol. The van der Waals surface area contributed by atoms with Crippen LogP contribution in [0.2, 0.25) is 0 Å². The van der Waals surface area contributed by atoms with E-state index in [0.717, 1.165) is 12.1 Å². The Morgan fingerprint density at radius 3 is 2.42 bits per heavy atom. The Morgan fingerprint density at radius 1 is 1.13 bits per heavy atom. The molecule has 0 radical (unpaired) electrons. The van der Waals surface area contributed by atoms with E-state index in [-0.39, 0.29) is 63.6 Å². The summed E-state index contributed by atoms with van der Waals surface area (Å²) in [6, 6.07) is 5.26. The lowest BCUT2D eigenvalue weighted by atomic mass is 9.97. The Bertz CT molecular complexity index is 1210. The Labute approximate surface area is 219 Å². The second kappa shape index (κ2) is 11.0. The van der Waals surface area contributed by atoms with Crippen LogP contribution in [-0.2, 0) is 32.5 Å². The summed E-state index contributed by atoms with van der Waals surface area (Å²) in [7, 11) is -3.79. The van der Waals surface area contributed by atoms with Crippen molar-refractivity contribution >= 4 is 28.7 Å². The van der Waals surface area contributed by atoms with Crippen LogP contribution in [-0.4, -0.2) is 85.3 Å². The van der Waals surface area contributed by atoms with E-state index in [9.17, 15) is 31.2 Å². The van der Waals surface area contributed by atoms with Gasteiger partial charge in [0, 0.05) is 45.7 Å². The molecule has 4 rings (SSSR count). The van der Waals surface area contributed by atoms with E-state index in [1.54, 1.807) is 0 Å². The Balaban J connectivity index is 1.40. The molecule has 0 aromatic heterocycles. The maximum atomic E-state index is 13.5. The standard InChI is InChI=1S/C24H29F3N6O4S/c1-29-20-9-21(22(34)30-11-16-4-6-19(7-5-16)24(25,26)27)33(15-20)23(35)18-3-2-8-31(14-18)38(36,37)32-12-17(10-28)13-32/h4-7,17-18,20-21H,1-3,8-9,11-15H2,(H,30,34)/t18-,20+,21+/m0/s1.